The van der Waals surface area contributed by atoms with Crippen molar-refractivity contribution in [3.8, 4) is 0 Å². The summed E-state index contributed by atoms with van der Waals surface area (Å²) < 4.78 is 0. The fourth-order valence-electron chi connectivity index (χ4n) is 0.906. The van der Waals surface area contributed by atoms with Gasteiger partial charge in [0.25, 0.3) is 0 Å². The van der Waals surface area contributed by atoms with Gasteiger partial charge in [-0.25, -0.2) is 0 Å². The normalized spacial score (nSPS) is 10.7. The summed E-state index contributed by atoms with van der Waals surface area (Å²) in [5, 5.41) is 0. The zero-order valence-electron chi connectivity index (χ0n) is 6.82. The third kappa shape index (κ3) is 8.22. The van der Waals surface area contributed by atoms with Gasteiger partial charge in [0.05, 0.1) is 0 Å². The molecule has 55 valence electrons. The van der Waals surface area contributed by atoms with Crippen molar-refractivity contribution < 1.29 is 0 Å². The fourth-order valence-corrected chi connectivity index (χ4v) is 1.26. The van der Waals surface area contributed by atoms with Crippen LogP contribution in [0.25, 0.3) is 0 Å². The summed E-state index contributed by atoms with van der Waals surface area (Å²) in [5.41, 5.74) is 0. The van der Waals surface area contributed by atoms with Crippen molar-refractivity contribution in [2.75, 3.05) is 0 Å². The second-order valence-corrected chi connectivity index (χ2v) is 3.80. The Balaban J connectivity index is 2.75. The summed E-state index contributed by atoms with van der Waals surface area (Å²) >= 11 is 0. The molecule has 0 spiro atoms. The Morgan fingerprint density at radius 2 is 1.78 bits per heavy atom. The van der Waals surface area contributed by atoms with Crippen molar-refractivity contribution in [3.63, 3.8) is 0 Å². The first-order chi connectivity index (χ1) is 4.27. The molecule has 0 fully saturated rings. The molecule has 0 aromatic rings. The first kappa shape index (κ1) is 9.22. The molecule has 0 nitrogen and oxygen atoms in total. The quantitative estimate of drug-likeness (QED) is 0.409. The van der Waals surface area contributed by atoms with Gasteiger partial charge in [0.1, 0.15) is 0 Å². The zero-order chi connectivity index (χ0) is 7.11. The molecule has 0 amide bonds. The van der Waals surface area contributed by atoms with Crippen molar-refractivity contribution in [2.45, 2.75) is 45.6 Å². The maximum Gasteiger partial charge on any atom is 0.00797 e. The van der Waals surface area contributed by atoms with Crippen LogP contribution in [0.4, 0.5) is 0 Å². The molecule has 0 aromatic carbocycles. The lowest BCUT2D eigenvalue weighted by Gasteiger charge is -2.01. The van der Waals surface area contributed by atoms with E-state index in [1.54, 1.807) is 0 Å². The van der Waals surface area contributed by atoms with Crippen molar-refractivity contribution in [2.24, 2.45) is 5.92 Å². The largest absolute Gasteiger partial charge is 0.0652 e. The minimum absolute atomic E-state index is 0.907. The van der Waals surface area contributed by atoms with Crippen LogP contribution in [0.5, 0.6) is 0 Å². The molecular formula is C8H19Si. The first-order valence-corrected chi connectivity index (χ1v) is 5.06. The molecule has 0 aliphatic rings. The Labute approximate surface area is 62.5 Å². The summed E-state index contributed by atoms with van der Waals surface area (Å²) in [6.45, 7) is 4.60. The third-order valence-electron chi connectivity index (χ3n) is 1.53. The van der Waals surface area contributed by atoms with Crippen molar-refractivity contribution in [3.05, 3.63) is 0 Å². The molecule has 0 saturated heterocycles. The second-order valence-electron chi connectivity index (χ2n) is 3.10. The van der Waals surface area contributed by atoms with E-state index in [4.69, 9.17) is 0 Å². The van der Waals surface area contributed by atoms with Gasteiger partial charge >= 0.3 is 0 Å². The lowest BCUT2D eigenvalue weighted by molar-refractivity contribution is 0.534. The fraction of sp³-hybridized carbons (Fsp3) is 1.00. The lowest BCUT2D eigenvalue weighted by Crippen LogP contribution is -1.86. The Morgan fingerprint density at radius 1 is 1.11 bits per heavy atom. The standard InChI is InChI=1S/C8H19Si/c1-8(2)6-4-3-5-7-9/h8H,3-7,9H2,1-2H3. The lowest BCUT2D eigenvalue weighted by atomic mass is 10.1. The predicted molar refractivity (Wildman–Crippen MR) is 46.7 cm³/mol. The molecule has 9 heavy (non-hydrogen) atoms. The van der Waals surface area contributed by atoms with E-state index >= 15 is 0 Å². The maximum atomic E-state index is 2.30. The molecule has 0 aromatic heterocycles. The Morgan fingerprint density at radius 3 is 2.22 bits per heavy atom. The predicted octanol–water partition coefficient (Wildman–Crippen LogP) is 2.25. The summed E-state index contributed by atoms with van der Waals surface area (Å²) in [6, 6.07) is 1.39. The summed E-state index contributed by atoms with van der Waals surface area (Å²) in [4.78, 5) is 0. The maximum absolute atomic E-state index is 2.30. The minimum atomic E-state index is 0.907. The molecule has 0 saturated carbocycles. The summed E-state index contributed by atoms with van der Waals surface area (Å²) in [6.07, 6.45) is 5.74. The molecule has 1 heteroatoms. The molecule has 0 unspecified atom stereocenters. The van der Waals surface area contributed by atoms with Crippen molar-refractivity contribution in [1.29, 1.82) is 0 Å². The van der Waals surface area contributed by atoms with Crippen molar-refractivity contribution in [1.82, 2.24) is 0 Å². The van der Waals surface area contributed by atoms with Gasteiger partial charge in [-0.2, -0.15) is 0 Å². The van der Waals surface area contributed by atoms with Gasteiger partial charge in [-0.15, -0.1) is 0 Å². The second kappa shape index (κ2) is 6.34. The van der Waals surface area contributed by atoms with Crippen LogP contribution in [0.15, 0.2) is 0 Å². The minimum Gasteiger partial charge on any atom is -0.0652 e. The van der Waals surface area contributed by atoms with Crippen LogP contribution < -0.4 is 0 Å². The van der Waals surface area contributed by atoms with Crippen LogP contribution in [0.3, 0.4) is 0 Å². The van der Waals surface area contributed by atoms with Gasteiger partial charge in [-0.1, -0.05) is 45.6 Å². The Kier molecular flexibility index (Phi) is 6.49. The van der Waals surface area contributed by atoms with Crippen LogP contribution >= 0.6 is 0 Å². The van der Waals surface area contributed by atoms with Gasteiger partial charge in [0.15, 0.2) is 0 Å². The van der Waals surface area contributed by atoms with E-state index in [-0.39, 0.29) is 0 Å². The molecule has 1 radical (unpaired) electrons. The summed E-state index contributed by atoms with van der Waals surface area (Å²) in [7, 11) is 2.09. The number of hydrogen-bond donors (Lipinski definition) is 0. The van der Waals surface area contributed by atoms with Crippen LogP contribution in [0, 0.1) is 5.92 Å². The molecule has 0 N–H and O–H groups in total. The van der Waals surface area contributed by atoms with Crippen LogP contribution in [0.1, 0.15) is 39.5 Å². The molecule has 0 bridgehead atoms. The molecule has 0 atom stereocenters. The topological polar surface area (TPSA) is 0 Å². The number of unbranched alkanes of at least 4 members (excludes halogenated alkanes) is 2. The molecule has 0 rings (SSSR count). The number of rotatable bonds is 5. The highest BCUT2D eigenvalue weighted by molar-refractivity contribution is 6.08. The van der Waals surface area contributed by atoms with E-state index in [2.05, 4.69) is 24.1 Å². The van der Waals surface area contributed by atoms with Crippen LogP contribution in [0.2, 0.25) is 6.04 Å². The highest BCUT2D eigenvalue weighted by Gasteiger charge is 1.91. The van der Waals surface area contributed by atoms with Gasteiger partial charge in [0.2, 0.25) is 0 Å². The van der Waals surface area contributed by atoms with E-state index in [9.17, 15) is 0 Å². The van der Waals surface area contributed by atoms with E-state index in [0.717, 1.165) is 5.92 Å². The molecule has 0 heterocycles. The van der Waals surface area contributed by atoms with E-state index in [0.29, 0.717) is 0 Å². The van der Waals surface area contributed by atoms with Crippen LogP contribution in [-0.4, -0.2) is 10.2 Å². The van der Waals surface area contributed by atoms with E-state index in [1.165, 1.54) is 31.7 Å². The number of hydrogen-bond acceptors (Lipinski definition) is 0. The van der Waals surface area contributed by atoms with Crippen LogP contribution in [-0.2, 0) is 0 Å². The average Bonchev–Trinajstić information content (AvgIpc) is 1.80. The van der Waals surface area contributed by atoms with E-state index in [1.807, 2.05) is 0 Å². The monoisotopic (exact) mass is 143 g/mol. The smallest absolute Gasteiger partial charge is 0.00797 e. The van der Waals surface area contributed by atoms with Gasteiger partial charge in [-0.3, -0.25) is 0 Å². The Bertz CT molecular complexity index is 50.5. The van der Waals surface area contributed by atoms with E-state index < -0.39 is 0 Å². The Hall–Kier alpha value is 0.217. The molecule has 0 aliphatic heterocycles. The van der Waals surface area contributed by atoms with Gasteiger partial charge in [-0.05, 0) is 5.92 Å². The van der Waals surface area contributed by atoms with Crippen molar-refractivity contribution >= 4 is 10.2 Å². The summed E-state index contributed by atoms with van der Waals surface area (Å²) in [5.74, 6) is 0.907. The van der Waals surface area contributed by atoms with Gasteiger partial charge in [0, 0.05) is 10.2 Å². The highest BCUT2D eigenvalue weighted by Crippen LogP contribution is 2.08. The zero-order valence-corrected chi connectivity index (χ0v) is 8.23. The third-order valence-corrected chi connectivity index (χ3v) is 2.03. The average molecular weight is 143 g/mol. The highest BCUT2D eigenvalue weighted by atomic mass is 28.1. The van der Waals surface area contributed by atoms with Gasteiger partial charge < -0.3 is 0 Å². The molecule has 0 aliphatic carbocycles. The SMILES string of the molecule is CC(C)CCCCC[SiH2]. The molecular weight excluding hydrogens is 124 g/mol. The first-order valence-electron chi connectivity index (χ1n) is 4.06.